The molecule has 0 saturated heterocycles. The maximum atomic E-state index is 11.9. The summed E-state index contributed by atoms with van der Waals surface area (Å²) in [4.78, 5) is 29.5. The zero-order valence-corrected chi connectivity index (χ0v) is 12.0. The number of aryl methyl sites for hydroxylation is 1. The lowest BCUT2D eigenvalue weighted by Crippen LogP contribution is -2.22. The molecule has 6 nitrogen and oxygen atoms in total. The van der Waals surface area contributed by atoms with Crippen LogP contribution in [0.5, 0.6) is 5.75 Å². The molecule has 112 valence electrons. The molecule has 0 aliphatic heterocycles. The monoisotopic (exact) mass is 297 g/mol. The van der Waals surface area contributed by atoms with E-state index in [1.807, 2.05) is 30.5 Å². The highest BCUT2D eigenvalue weighted by Gasteiger charge is 2.07. The van der Waals surface area contributed by atoms with Gasteiger partial charge >= 0.3 is 0 Å². The number of carbonyl (C=O) groups excluding carboxylic acids is 1. The van der Waals surface area contributed by atoms with Crippen LogP contribution in [-0.2, 0) is 4.79 Å². The Morgan fingerprint density at radius 3 is 2.91 bits per heavy atom. The van der Waals surface area contributed by atoms with Crippen LogP contribution in [0.1, 0.15) is 5.69 Å². The normalized spacial score (nSPS) is 10.6. The van der Waals surface area contributed by atoms with Gasteiger partial charge in [-0.05, 0) is 30.5 Å². The van der Waals surface area contributed by atoms with Crippen LogP contribution >= 0.6 is 0 Å². The Labute approximate surface area is 126 Å². The molecule has 0 bridgehead atoms. The van der Waals surface area contributed by atoms with E-state index in [0.717, 1.165) is 16.6 Å². The molecule has 2 heterocycles. The largest absolute Gasteiger partial charge is 0.478 e. The maximum Gasteiger partial charge on any atom is 0.262 e. The molecular weight excluding hydrogens is 282 g/mol. The zero-order valence-electron chi connectivity index (χ0n) is 12.0. The van der Waals surface area contributed by atoms with Crippen LogP contribution in [-0.4, -0.2) is 22.5 Å². The van der Waals surface area contributed by atoms with Crippen molar-refractivity contribution in [2.24, 2.45) is 0 Å². The second-order valence-electron chi connectivity index (χ2n) is 4.96. The van der Waals surface area contributed by atoms with E-state index in [1.165, 1.54) is 12.3 Å². The van der Waals surface area contributed by atoms with Gasteiger partial charge in [-0.3, -0.25) is 9.59 Å². The molecule has 0 aliphatic rings. The Bertz CT molecular complexity index is 879. The third-order valence-corrected chi connectivity index (χ3v) is 3.22. The SMILES string of the molecule is Cc1cc(=O)c(OCC(=O)Nc2ccc3cc[nH]c3c2)c[nH]1. The molecule has 2 aromatic heterocycles. The molecule has 0 radical (unpaired) electrons. The van der Waals surface area contributed by atoms with Crippen molar-refractivity contribution >= 4 is 22.5 Å². The van der Waals surface area contributed by atoms with Crippen LogP contribution in [0.2, 0.25) is 0 Å². The number of rotatable bonds is 4. The number of fused-ring (bicyclic) bond motifs is 1. The van der Waals surface area contributed by atoms with Crippen molar-refractivity contribution in [1.82, 2.24) is 9.97 Å². The van der Waals surface area contributed by atoms with E-state index in [0.29, 0.717) is 5.69 Å². The minimum Gasteiger partial charge on any atom is -0.478 e. The van der Waals surface area contributed by atoms with Crippen LogP contribution in [0.3, 0.4) is 0 Å². The number of hydrogen-bond donors (Lipinski definition) is 3. The van der Waals surface area contributed by atoms with E-state index in [2.05, 4.69) is 15.3 Å². The summed E-state index contributed by atoms with van der Waals surface area (Å²) in [7, 11) is 0. The summed E-state index contributed by atoms with van der Waals surface area (Å²) >= 11 is 0. The Morgan fingerprint density at radius 2 is 2.09 bits per heavy atom. The van der Waals surface area contributed by atoms with Gasteiger partial charge in [-0.2, -0.15) is 0 Å². The van der Waals surface area contributed by atoms with Gasteiger partial charge in [-0.15, -0.1) is 0 Å². The summed E-state index contributed by atoms with van der Waals surface area (Å²) < 4.78 is 5.23. The molecule has 0 atom stereocenters. The molecule has 0 spiro atoms. The van der Waals surface area contributed by atoms with Gasteiger partial charge in [-0.1, -0.05) is 6.07 Å². The Kier molecular flexibility index (Phi) is 3.65. The van der Waals surface area contributed by atoms with E-state index in [-0.39, 0.29) is 23.7 Å². The van der Waals surface area contributed by atoms with Gasteiger partial charge < -0.3 is 20.0 Å². The third-order valence-electron chi connectivity index (χ3n) is 3.22. The molecule has 0 fully saturated rings. The zero-order chi connectivity index (χ0) is 15.5. The minimum absolute atomic E-state index is 0.126. The second-order valence-corrected chi connectivity index (χ2v) is 4.96. The van der Waals surface area contributed by atoms with Crippen LogP contribution < -0.4 is 15.5 Å². The van der Waals surface area contributed by atoms with Gasteiger partial charge in [0.1, 0.15) is 0 Å². The molecule has 1 amide bonds. The number of pyridine rings is 1. The van der Waals surface area contributed by atoms with Crippen molar-refractivity contribution in [2.75, 3.05) is 11.9 Å². The highest BCUT2D eigenvalue weighted by atomic mass is 16.5. The number of benzene rings is 1. The smallest absolute Gasteiger partial charge is 0.262 e. The third kappa shape index (κ3) is 3.01. The molecular formula is C16H15N3O3. The lowest BCUT2D eigenvalue weighted by atomic mass is 10.2. The van der Waals surface area contributed by atoms with Crippen molar-refractivity contribution < 1.29 is 9.53 Å². The van der Waals surface area contributed by atoms with Crippen LogP contribution in [0.4, 0.5) is 5.69 Å². The summed E-state index contributed by atoms with van der Waals surface area (Å²) in [5.41, 5.74) is 2.09. The molecule has 1 aromatic carbocycles. The molecule has 3 rings (SSSR count). The number of anilines is 1. The van der Waals surface area contributed by atoms with Crippen LogP contribution in [0, 0.1) is 6.92 Å². The topological polar surface area (TPSA) is 87.0 Å². The van der Waals surface area contributed by atoms with Crippen molar-refractivity contribution in [1.29, 1.82) is 0 Å². The van der Waals surface area contributed by atoms with Gasteiger partial charge in [0, 0.05) is 35.4 Å². The quantitative estimate of drug-likeness (QED) is 0.690. The highest BCUT2D eigenvalue weighted by Crippen LogP contribution is 2.17. The highest BCUT2D eigenvalue weighted by molar-refractivity contribution is 5.94. The van der Waals surface area contributed by atoms with Crippen LogP contribution in [0.25, 0.3) is 10.9 Å². The summed E-state index contributed by atoms with van der Waals surface area (Å²) in [5.74, 6) is -0.202. The predicted octanol–water partition coefficient (Wildman–Crippen LogP) is 2.18. The average Bonchev–Trinajstić information content (AvgIpc) is 2.94. The maximum absolute atomic E-state index is 11.9. The molecule has 0 unspecified atom stereocenters. The summed E-state index contributed by atoms with van der Waals surface area (Å²) in [6.45, 7) is 1.55. The van der Waals surface area contributed by atoms with Gasteiger partial charge in [0.25, 0.3) is 5.91 Å². The number of ether oxygens (including phenoxy) is 1. The average molecular weight is 297 g/mol. The second kappa shape index (κ2) is 5.77. The van der Waals surface area contributed by atoms with Crippen molar-refractivity contribution in [2.45, 2.75) is 6.92 Å². The van der Waals surface area contributed by atoms with Crippen molar-refractivity contribution in [3.63, 3.8) is 0 Å². The van der Waals surface area contributed by atoms with Gasteiger partial charge in [0.2, 0.25) is 5.43 Å². The molecule has 6 heteroatoms. The predicted molar refractivity (Wildman–Crippen MR) is 84.2 cm³/mol. The Morgan fingerprint density at radius 1 is 1.23 bits per heavy atom. The van der Waals surface area contributed by atoms with Crippen molar-refractivity contribution in [3.05, 3.63) is 58.6 Å². The molecule has 3 aromatic rings. The molecule has 22 heavy (non-hydrogen) atoms. The summed E-state index contributed by atoms with van der Waals surface area (Å²) in [5, 5.41) is 3.80. The first-order valence-electron chi connectivity index (χ1n) is 6.81. The lowest BCUT2D eigenvalue weighted by Gasteiger charge is -2.07. The number of aromatic nitrogens is 2. The molecule has 3 N–H and O–H groups in total. The van der Waals surface area contributed by atoms with Crippen molar-refractivity contribution in [3.8, 4) is 5.75 Å². The fraction of sp³-hybridized carbons (Fsp3) is 0.125. The van der Waals surface area contributed by atoms with Gasteiger partial charge in [0.15, 0.2) is 12.4 Å². The van der Waals surface area contributed by atoms with Crippen LogP contribution in [0.15, 0.2) is 47.5 Å². The van der Waals surface area contributed by atoms with E-state index in [1.54, 1.807) is 6.92 Å². The summed E-state index contributed by atoms with van der Waals surface area (Å²) in [6, 6.07) is 8.94. The van der Waals surface area contributed by atoms with Gasteiger partial charge in [0.05, 0.1) is 0 Å². The van der Waals surface area contributed by atoms with Gasteiger partial charge in [-0.25, -0.2) is 0 Å². The summed E-state index contributed by atoms with van der Waals surface area (Å²) in [6.07, 6.45) is 3.29. The number of nitrogens with one attached hydrogen (secondary N) is 3. The number of aromatic amines is 2. The number of amides is 1. The number of hydrogen-bond acceptors (Lipinski definition) is 3. The van der Waals surface area contributed by atoms with E-state index < -0.39 is 0 Å². The molecule has 0 saturated carbocycles. The first-order chi connectivity index (χ1) is 10.6. The van der Waals surface area contributed by atoms with E-state index in [9.17, 15) is 9.59 Å². The standard InChI is InChI=1S/C16H15N3O3/c1-10-6-14(20)15(8-18-10)22-9-16(21)19-12-3-2-11-4-5-17-13(11)7-12/h2-8,17H,9H2,1H3,(H,18,20)(H,19,21). The first kappa shape index (κ1) is 13.9. The van der Waals surface area contributed by atoms with E-state index >= 15 is 0 Å². The lowest BCUT2D eigenvalue weighted by molar-refractivity contribution is -0.118. The number of H-pyrrole nitrogens is 2. The molecule has 0 aliphatic carbocycles. The van der Waals surface area contributed by atoms with E-state index in [4.69, 9.17) is 4.74 Å². The Balaban J connectivity index is 1.63. The fourth-order valence-corrected chi connectivity index (χ4v) is 2.14. The number of carbonyl (C=O) groups is 1. The first-order valence-corrected chi connectivity index (χ1v) is 6.81. The minimum atomic E-state index is -0.328. The fourth-order valence-electron chi connectivity index (χ4n) is 2.14. The Hall–Kier alpha value is -3.02.